The number of aromatic nitrogens is 4. The van der Waals surface area contributed by atoms with Gasteiger partial charge in [0.1, 0.15) is 11.6 Å². The Morgan fingerprint density at radius 1 is 1.12 bits per heavy atom. The topological polar surface area (TPSA) is 94.4 Å². The van der Waals surface area contributed by atoms with E-state index in [0.717, 1.165) is 41.5 Å². The Bertz CT molecular complexity index is 1120. The van der Waals surface area contributed by atoms with Crippen LogP contribution in [0.1, 0.15) is 36.1 Å². The lowest BCUT2D eigenvalue weighted by molar-refractivity contribution is -0.116. The molecule has 0 spiro atoms. The lowest BCUT2D eigenvalue weighted by Gasteiger charge is -2.27. The average molecular weight is 435 g/mol. The van der Waals surface area contributed by atoms with Gasteiger partial charge in [0.25, 0.3) is 0 Å². The highest BCUT2D eigenvalue weighted by atomic mass is 16.5. The molecule has 0 bridgehead atoms. The summed E-state index contributed by atoms with van der Waals surface area (Å²) in [5.74, 6) is 2.60. The molecule has 0 aliphatic carbocycles. The Balaban J connectivity index is 1.53. The number of para-hydroxylation sites is 1. The van der Waals surface area contributed by atoms with Crippen LogP contribution in [-0.4, -0.2) is 58.8 Å². The molecule has 2 aromatic heterocycles. The van der Waals surface area contributed by atoms with E-state index >= 15 is 0 Å². The highest BCUT2D eigenvalue weighted by Crippen LogP contribution is 2.42. The Hall–Kier alpha value is -3.46. The summed E-state index contributed by atoms with van der Waals surface area (Å²) in [5, 5.41) is 16.5. The number of anilines is 2. The fourth-order valence-corrected chi connectivity index (χ4v) is 4.43. The van der Waals surface area contributed by atoms with Crippen molar-refractivity contribution >= 4 is 17.5 Å². The highest BCUT2D eigenvalue weighted by molar-refractivity contribution is 5.95. The molecule has 0 unspecified atom stereocenters. The van der Waals surface area contributed by atoms with E-state index in [0.29, 0.717) is 37.9 Å². The van der Waals surface area contributed by atoms with E-state index in [1.165, 1.54) is 0 Å². The van der Waals surface area contributed by atoms with E-state index in [-0.39, 0.29) is 11.8 Å². The molecule has 1 aromatic carbocycles. The molecule has 1 N–H and O–H groups in total. The van der Waals surface area contributed by atoms with E-state index in [9.17, 15) is 4.79 Å². The van der Waals surface area contributed by atoms with Crippen LogP contribution in [0.5, 0.6) is 5.75 Å². The third kappa shape index (κ3) is 3.69. The van der Waals surface area contributed by atoms with Crippen LogP contribution in [0, 0.1) is 6.92 Å². The van der Waals surface area contributed by atoms with Gasteiger partial charge in [-0.25, -0.2) is 0 Å². The Morgan fingerprint density at radius 3 is 2.62 bits per heavy atom. The second-order valence-electron chi connectivity index (χ2n) is 7.88. The Morgan fingerprint density at radius 2 is 1.88 bits per heavy atom. The number of nitrogens with zero attached hydrogens (tertiary/aromatic N) is 5. The minimum absolute atomic E-state index is 0.0622. The second-order valence-corrected chi connectivity index (χ2v) is 7.88. The largest absolute Gasteiger partial charge is 0.494 e. The van der Waals surface area contributed by atoms with Crippen LogP contribution in [0.15, 0.2) is 36.4 Å². The first kappa shape index (κ1) is 20.4. The number of nitrogens with one attached hydrogen (secondary N) is 1. The van der Waals surface area contributed by atoms with Crippen LogP contribution in [0.3, 0.4) is 0 Å². The number of amides is 1. The minimum Gasteiger partial charge on any atom is -0.494 e. The number of hydrogen-bond acceptors (Lipinski definition) is 7. The molecule has 0 radical (unpaired) electrons. The Kier molecular flexibility index (Phi) is 5.48. The predicted molar refractivity (Wildman–Crippen MR) is 120 cm³/mol. The number of benzene rings is 1. The van der Waals surface area contributed by atoms with E-state index in [1.54, 1.807) is 4.68 Å². The summed E-state index contributed by atoms with van der Waals surface area (Å²) in [6, 6.07) is 11.7. The van der Waals surface area contributed by atoms with Crippen molar-refractivity contribution in [1.82, 2.24) is 20.0 Å². The SMILES string of the molecule is CCOc1ccccc1[C@@H]1CC(=O)Nc2c1c(C)nn2-c1ccc(N2CCOCC2)nn1. The van der Waals surface area contributed by atoms with Gasteiger partial charge in [-0.15, -0.1) is 10.2 Å². The predicted octanol–water partition coefficient (Wildman–Crippen LogP) is 2.68. The molecule has 0 saturated carbocycles. The molecular formula is C23H26N6O3. The van der Waals surface area contributed by atoms with Gasteiger partial charge in [-0.05, 0) is 32.0 Å². The maximum atomic E-state index is 12.7. The molecule has 5 rings (SSSR count). The maximum Gasteiger partial charge on any atom is 0.226 e. The zero-order valence-corrected chi connectivity index (χ0v) is 18.2. The standard InChI is InChI=1S/C23H26N6O3/c1-3-32-18-7-5-4-6-16(18)17-14-21(30)24-23-22(17)15(2)27-29(23)20-9-8-19(25-26-20)28-10-12-31-13-11-28/h4-9,17H,3,10-14H2,1-2H3,(H,24,30)/t17-/m0/s1. The number of fused-ring (bicyclic) bond motifs is 1. The summed E-state index contributed by atoms with van der Waals surface area (Å²) in [6.07, 6.45) is 0.339. The van der Waals surface area contributed by atoms with Crippen LogP contribution in [-0.2, 0) is 9.53 Å². The number of morpholine rings is 1. The fourth-order valence-electron chi connectivity index (χ4n) is 4.43. The summed E-state index contributed by atoms with van der Waals surface area (Å²) in [7, 11) is 0. The van der Waals surface area contributed by atoms with Gasteiger partial charge in [-0.2, -0.15) is 9.78 Å². The molecule has 2 aliphatic heterocycles. The summed E-state index contributed by atoms with van der Waals surface area (Å²) in [6.45, 7) is 7.43. The number of ether oxygens (including phenoxy) is 2. The van der Waals surface area contributed by atoms with Crippen molar-refractivity contribution in [3.8, 4) is 11.6 Å². The quantitative estimate of drug-likeness (QED) is 0.660. The molecule has 3 aromatic rings. The van der Waals surface area contributed by atoms with Gasteiger partial charge in [0, 0.05) is 36.6 Å². The first-order valence-corrected chi connectivity index (χ1v) is 10.9. The highest BCUT2D eigenvalue weighted by Gasteiger charge is 2.34. The van der Waals surface area contributed by atoms with Crippen molar-refractivity contribution in [2.45, 2.75) is 26.2 Å². The minimum atomic E-state index is -0.143. The molecule has 1 atom stereocenters. The average Bonchev–Trinajstić information content (AvgIpc) is 3.16. The van der Waals surface area contributed by atoms with Gasteiger partial charge in [-0.3, -0.25) is 4.79 Å². The van der Waals surface area contributed by atoms with Crippen LogP contribution in [0.2, 0.25) is 0 Å². The zero-order valence-electron chi connectivity index (χ0n) is 18.2. The fraction of sp³-hybridized carbons (Fsp3) is 0.391. The molecule has 2 aliphatic rings. The van der Waals surface area contributed by atoms with Crippen LogP contribution < -0.4 is 15.0 Å². The van der Waals surface area contributed by atoms with E-state index in [4.69, 9.17) is 14.6 Å². The van der Waals surface area contributed by atoms with Crippen molar-refractivity contribution < 1.29 is 14.3 Å². The van der Waals surface area contributed by atoms with E-state index < -0.39 is 0 Å². The molecule has 9 heteroatoms. The van der Waals surface area contributed by atoms with E-state index in [1.807, 2.05) is 50.2 Å². The van der Waals surface area contributed by atoms with Crippen molar-refractivity contribution in [2.24, 2.45) is 0 Å². The van der Waals surface area contributed by atoms with Crippen LogP contribution in [0.25, 0.3) is 5.82 Å². The molecule has 32 heavy (non-hydrogen) atoms. The van der Waals surface area contributed by atoms with Gasteiger partial charge < -0.3 is 19.7 Å². The maximum absolute atomic E-state index is 12.7. The summed E-state index contributed by atoms with van der Waals surface area (Å²) in [5.41, 5.74) is 2.81. The van der Waals surface area contributed by atoms with Crippen molar-refractivity contribution in [3.05, 3.63) is 53.2 Å². The van der Waals surface area contributed by atoms with Crippen molar-refractivity contribution in [2.75, 3.05) is 43.1 Å². The first-order valence-electron chi connectivity index (χ1n) is 10.9. The first-order chi connectivity index (χ1) is 15.7. The summed E-state index contributed by atoms with van der Waals surface area (Å²) >= 11 is 0. The Labute approximate surface area is 186 Å². The van der Waals surface area contributed by atoms with Gasteiger partial charge >= 0.3 is 0 Å². The smallest absolute Gasteiger partial charge is 0.226 e. The summed E-state index contributed by atoms with van der Waals surface area (Å²) in [4.78, 5) is 14.8. The molecule has 1 fully saturated rings. The molecule has 9 nitrogen and oxygen atoms in total. The lowest BCUT2D eigenvalue weighted by atomic mass is 9.85. The van der Waals surface area contributed by atoms with Crippen molar-refractivity contribution in [1.29, 1.82) is 0 Å². The van der Waals surface area contributed by atoms with Crippen LogP contribution >= 0.6 is 0 Å². The molecular weight excluding hydrogens is 408 g/mol. The molecule has 1 amide bonds. The number of aryl methyl sites for hydroxylation is 1. The van der Waals surface area contributed by atoms with Gasteiger partial charge in [0.15, 0.2) is 11.6 Å². The zero-order chi connectivity index (χ0) is 22.1. The molecule has 166 valence electrons. The third-order valence-corrected chi connectivity index (χ3v) is 5.89. The monoisotopic (exact) mass is 434 g/mol. The van der Waals surface area contributed by atoms with Gasteiger partial charge in [-0.1, -0.05) is 18.2 Å². The molecule has 1 saturated heterocycles. The van der Waals surface area contributed by atoms with E-state index in [2.05, 4.69) is 20.4 Å². The lowest BCUT2D eigenvalue weighted by Crippen LogP contribution is -2.36. The number of carbonyl (C=O) groups excluding carboxylic acids is 1. The normalized spacial score (nSPS) is 18.2. The number of carbonyl (C=O) groups is 1. The third-order valence-electron chi connectivity index (χ3n) is 5.89. The molecule has 4 heterocycles. The van der Waals surface area contributed by atoms with Crippen LogP contribution in [0.4, 0.5) is 11.6 Å². The number of rotatable bonds is 5. The second kappa shape index (κ2) is 8.58. The van der Waals surface area contributed by atoms with Gasteiger partial charge in [0.05, 0.1) is 25.5 Å². The summed E-state index contributed by atoms with van der Waals surface area (Å²) < 4.78 is 12.9. The van der Waals surface area contributed by atoms with Crippen molar-refractivity contribution in [3.63, 3.8) is 0 Å². The van der Waals surface area contributed by atoms with Gasteiger partial charge in [0.2, 0.25) is 5.91 Å². The number of hydrogen-bond donors (Lipinski definition) is 1.